The van der Waals surface area contributed by atoms with Gasteiger partial charge in [0.15, 0.2) is 0 Å². The van der Waals surface area contributed by atoms with Crippen LogP contribution in [-0.4, -0.2) is 31.5 Å². The summed E-state index contributed by atoms with van der Waals surface area (Å²) >= 11 is 0. The first-order valence-electron chi connectivity index (χ1n) is 8.29. The predicted molar refractivity (Wildman–Crippen MR) is 101 cm³/mol. The van der Waals surface area contributed by atoms with E-state index < -0.39 is 31.1 Å². The molecule has 0 unspecified atom stereocenters. The van der Waals surface area contributed by atoms with Gasteiger partial charge in [-0.1, -0.05) is 44.2 Å². The highest BCUT2D eigenvalue weighted by Crippen LogP contribution is 2.40. The number of ether oxygens (including phenoxy) is 3. The first-order valence-corrected chi connectivity index (χ1v) is 9.63. The molecule has 5 nitrogen and oxygen atoms in total. The summed E-state index contributed by atoms with van der Waals surface area (Å²) in [6, 6.07) is 16.8. The number of carbonyl (C=O) groups is 2. The summed E-state index contributed by atoms with van der Waals surface area (Å²) in [5.74, 6) is 0.228. The van der Waals surface area contributed by atoms with Crippen molar-refractivity contribution in [3.63, 3.8) is 0 Å². The van der Waals surface area contributed by atoms with Crippen LogP contribution in [0.25, 0.3) is 0 Å². The van der Waals surface area contributed by atoms with Crippen LogP contribution in [-0.2, 0) is 14.3 Å². The van der Waals surface area contributed by atoms with Gasteiger partial charge in [-0.3, -0.25) is 0 Å². The molecule has 1 saturated heterocycles. The largest absolute Gasteiger partial charge is 0.497 e. The Bertz CT molecular complexity index is 786. The molecule has 0 radical (unpaired) electrons. The average molecular weight is 372 g/mol. The maximum absolute atomic E-state index is 13.1. The van der Waals surface area contributed by atoms with Gasteiger partial charge in [-0.05, 0) is 34.9 Å². The van der Waals surface area contributed by atoms with E-state index in [1.165, 1.54) is 0 Å². The Balaban J connectivity index is 1.92. The minimum atomic E-state index is -1.43. The second kappa shape index (κ2) is 7.46. The van der Waals surface area contributed by atoms with Gasteiger partial charge in [0, 0.05) is 5.41 Å². The molecule has 0 amide bonds. The van der Waals surface area contributed by atoms with E-state index >= 15 is 0 Å². The lowest BCUT2D eigenvalue weighted by molar-refractivity contribution is -0.144. The van der Waals surface area contributed by atoms with E-state index in [1.54, 1.807) is 7.11 Å². The van der Waals surface area contributed by atoms with Gasteiger partial charge in [0.25, 0.3) is 0 Å². The van der Waals surface area contributed by atoms with Crippen molar-refractivity contribution in [2.75, 3.05) is 13.7 Å². The highest BCUT2D eigenvalue weighted by molar-refractivity contribution is 7.87. The van der Waals surface area contributed by atoms with Crippen LogP contribution >= 0.6 is 7.92 Å². The smallest absolute Gasteiger partial charge is 0.348 e. The van der Waals surface area contributed by atoms with Crippen LogP contribution in [0.2, 0.25) is 0 Å². The lowest BCUT2D eigenvalue weighted by atomic mass is 9.90. The zero-order chi connectivity index (χ0) is 18.7. The lowest BCUT2D eigenvalue weighted by Crippen LogP contribution is -2.35. The monoisotopic (exact) mass is 372 g/mol. The van der Waals surface area contributed by atoms with E-state index in [-0.39, 0.29) is 6.61 Å². The van der Waals surface area contributed by atoms with E-state index in [0.29, 0.717) is 5.75 Å². The number of rotatable bonds is 5. The molecular formula is C20H21O5P. The normalized spacial score (nSPS) is 19.5. The molecule has 6 heteroatoms. The quantitative estimate of drug-likeness (QED) is 0.596. The van der Waals surface area contributed by atoms with Crippen LogP contribution in [0.5, 0.6) is 5.75 Å². The number of cyclic esters (lactones) is 1. The van der Waals surface area contributed by atoms with E-state index in [0.717, 1.165) is 10.6 Å². The molecule has 1 fully saturated rings. The van der Waals surface area contributed by atoms with E-state index in [4.69, 9.17) is 14.2 Å². The van der Waals surface area contributed by atoms with Crippen molar-refractivity contribution in [2.24, 2.45) is 5.41 Å². The Hall–Kier alpha value is -2.39. The van der Waals surface area contributed by atoms with Gasteiger partial charge in [0.2, 0.25) is 6.10 Å². The third-order valence-electron chi connectivity index (χ3n) is 4.26. The van der Waals surface area contributed by atoms with Gasteiger partial charge in [0.1, 0.15) is 12.4 Å². The first kappa shape index (κ1) is 18.4. The molecule has 0 saturated carbocycles. The molecule has 2 atom stereocenters. The summed E-state index contributed by atoms with van der Waals surface area (Å²) < 4.78 is 15.9. The molecule has 136 valence electrons. The fourth-order valence-corrected chi connectivity index (χ4v) is 4.61. The maximum Gasteiger partial charge on any atom is 0.348 e. The fraction of sp³-hybridized carbons (Fsp3) is 0.300. The number of methoxy groups -OCH3 is 1. The van der Waals surface area contributed by atoms with Crippen LogP contribution in [0.3, 0.4) is 0 Å². The van der Waals surface area contributed by atoms with Gasteiger partial charge in [-0.2, -0.15) is 0 Å². The van der Waals surface area contributed by atoms with Gasteiger partial charge in [0.05, 0.1) is 15.0 Å². The number of esters is 1. The molecule has 26 heavy (non-hydrogen) atoms. The van der Waals surface area contributed by atoms with Crippen LogP contribution in [0.1, 0.15) is 13.8 Å². The number of hydrogen-bond acceptors (Lipinski definition) is 5. The van der Waals surface area contributed by atoms with E-state index in [2.05, 4.69) is 0 Å². The minimum absolute atomic E-state index is 0.246. The Morgan fingerprint density at radius 3 is 2.23 bits per heavy atom. The third-order valence-corrected chi connectivity index (χ3v) is 6.36. The van der Waals surface area contributed by atoms with Crippen LogP contribution < -0.4 is 15.3 Å². The summed E-state index contributed by atoms with van der Waals surface area (Å²) in [5, 5.41) is 1.70. The van der Waals surface area contributed by atoms with Gasteiger partial charge < -0.3 is 14.2 Å². The molecule has 0 bridgehead atoms. The maximum atomic E-state index is 13.1. The van der Waals surface area contributed by atoms with Crippen molar-refractivity contribution < 1.29 is 23.8 Å². The number of benzene rings is 2. The molecule has 1 aliphatic heterocycles. The van der Waals surface area contributed by atoms with Crippen molar-refractivity contribution in [2.45, 2.75) is 20.0 Å². The molecule has 2 aromatic carbocycles. The number of hydrogen-bond donors (Lipinski definition) is 0. The molecule has 0 spiro atoms. The standard InChI is InChI=1S/C20H21O5P/c1-20(2)13-24-18(21)17(20)25-19(22)26(15-7-5-4-6-8-15)16-11-9-14(23-3)10-12-16/h4-12,17H,13H2,1-3H3/t17-,26-/m0/s1. The highest BCUT2D eigenvalue weighted by atomic mass is 31.1. The Morgan fingerprint density at radius 2 is 1.69 bits per heavy atom. The topological polar surface area (TPSA) is 61.8 Å². The van der Waals surface area contributed by atoms with Crippen molar-refractivity contribution in [3.8, 4) is 5.75 Å². The predicted octanol–water partition coefficient (Wildman–Crippen LogP) is 3.22. The second-order valence-corrected chi connectivity index (χ2v) is 8.80. The highest BCUT2D eigenvalue weighted by Gasteiger charge is 2.47. The van der Waals surface area contributed by atoms with Crippen LogP contribution in [0.15, 0.2) is 54.6 Å². The van der Waals surface area contributed by atoms with Crippen molar-refractivity contribution in [1.82, 2.24) is 0 Å². The zero-order valence-corrected chi connectivity index (χ0v) is 15.9. The molecular weight excluding hydrogens is 351 g/mol. The molecule has 2 aromatic rings. The summed E-state index contributed by atoms with van der Waals surface area (Å²) in [6.45, 7) is 3.96. The van der Waals surface area contributed by atoms with Gasteiger partial charge in [-0.25, -0.2) is 9.59 Å². The molecule has 1 aliphatic rings. The van der Waals surface area contributed by atoms with Gasteiger partial charge in [-0.15, -0.1) is 0 Å². The molecule has 3 rings (SSSR count). The Labute approximate surface area is 154 Å². The molecule has 0 N–H and O–H groups in total. The SMILES string of the molecule is COc1ccc([P@@](C(=O)O[C@H]2C(=O)OCC2(C)C)c2ccccc2)cc1. The average Bonchev–Trinajstić information content (AvgIpc) is 2.90. The summed E-state index contributed by atoms with van der Waals surface area (Å²) in [4.78, 5) is 25.1. The Kier molecular flexibility index (Phi) is 5.28. The first-order chi connectivity index (χ1) is 12.4. The van der Waals surface area contributed by atoms with Crippen molar-refractivity contribution in [3.05, 3.63) is 54.6 Å². The van der Waals surface area contributed by atoms with Crippen LogP contribution in [0, 0.1) is 5.41 Å². The zero-order valence-electron chi connectivity index (χ0n) is 15.0. The summed E-state index contributed by atoms with van der Waals surface area (Å²) in [7, 11) is 0.164. The van der Waals surface area contributed by atoms with E-state index in [1.807, 2.05) is 68.4 Å². The number of carbonyl (C=O) groups excluding carboxylic acids is 2. The second-order valence-electron chi connectivity index (χ2n) is 6.73. The van der Waals surface area contributed by atoms with E-state index in [9.17, 15) is 9.59 Å². The van der Waals surface area contributed by atoms with Crippen molar-refractivity contribution in [1.29, 1.82) is 0 Å². The summed E-state index contributed by atoms with van der Waals surface area (Å²) in [5.41, 5.74) is -0.946. The molecule has 1 heterocycles. The lowest BCUT2D eigenvalue weighted by Gasteiger charge is -2.24. The van der Waals surface area contributed by atoms with Gasteiger partial charge >= 0.3 is 11.7 Å². The summed E-state index contributed by atoms with van der Waals surface area (Å²) in [6.07, 6.45) is -0.887. The Morgan fingerprint density at radius 1 is 1.08 bits per heavy atom. The van der Waals surface area contributed by atoms with Crippen LogP contribution in [0.4, 0.5) is 4.79 Å². The minimum Gasteiger partial charge on any atom is -0.497 e. The fourth-order valence-electron chi connectivity index (χ4n) is 2.76. The third kappa shape index (κ3) is 3.73. The molecule has 0 aromatic heterocycles. The molecule has 0 aliphatic carbocycles. The van der Waals surface area contributed by atoms with Crippen molar-refractivity contribution >= 4 is 30.2 Å².